The monoisotopic (exact) mass is 479 g/mol. The van der Waals surface area contributed by atoms with Gasteiger partial charge in [0.15, 0.2) is 0 Å². The maximum absolute atomic E-state index is 13.0. The third-order valence-electron chi connectivity index (χ3n) is 5.57. The lowest BCUT2D eigenvalue weighted by Crippen LogP contribution is -2.32. The molecule has 0 unspecified atom stereocenters. The highest BCUT2D eigenvalue weighted by molar-refractivity contribution is 5.76. The van der Waals surface area contributed by atoms with Crippen LogP contribution in [0.5, 0.6) is 0 Å². The number of nitrogens with zero attached hydrogens (tertiary/aromatic N) is 3. The Morgan fingerprint density at radius 3 is 2.09 bits per heavy atom. The first kappa shape index (κ1) is 24.2. The molecular formula is C27H24F3N3O2. The maximum Gasteiger partial charge on any atom is 0.416 e. The highest BCUT2D eigenvalue weighted by atomic mass is 19.4. The molecule has 0 N–H and O–H groups in total. The van der Waals surface area contributed by atoms with E-state index in [9.17, 15) is 18.0 Å². The van der Waals surface area contributed by atoms with Gasteiger partial charge in [-0.15, -0.1) is 0 Å². The minimum Gasteiger partial charge on any atom is -0.339 e. The van der Waals surface area contributed by atoms with Gasteiger partial charge in [-0.3, -0.25) is 4.79 Å². The molecule has 0 spiro atoms. The molecule has 0 fully saturated rings. The van der Waals surface area contributed by atoms with Crippen LogP contribution in [-0.4, -0.2) is 27.5 Å². The minimum absolute atomic E-state index is 0.0141. The largest absolute Gasteiger partial charge is 0.416 e. The van der Waals surface area contributed by atoms with E-state index >= 15 is 0 Å². The molecule has 3 aromatic carbocycles. The molecule has 1 aromatic heterocycles. The van der Waals surface area contributed by atoms with Crippen molar-refractivity contribution < 1.29 is 22.5 Å². The fraction of sp³-hybridized carbons (Fsp3) is 0.222. The Hall–Kier alpha value is -3.94. The van der Waals surface area contributed by atoms with Crippen molar-refractivity contribution in [1.82, 2.24) is 15.0 Å². The topological polar surface area (TPSA) is 59.2 Å². The lowest BCUT2D eigenvalue weighted by atomic mass is 10.1. The standard InChI is InChI=1S/C27H24F3N3O2/c28-27(29,30)23-14-12-22(13-15-23)26-31-24(35-32-26)17-18-33(19-21-9-5-2-6-10-21)25(34)16-11-20-7-3-1-4-8-20/h1-10,12-15H,11,16-19H2. The molecule has 0 aliphatic carbocycles. The second-order valence-corrected chi connectivity index (χ2v) is 8.12. The number of carbonyl (C=O) groups is 1. The number of alkyl halides is 3. The van der Waals surface area contributed by atoms with Gasteiger partial charge in [0.25, 0.3) is 0 Å². The molecule has 4 rings (SSSR count). The Morgan fingerprint density at radius 2 is 1.46 bits per heavy atom. The first-order valence-electron chi connectivity index (χ1n) is 11.2. The fourth-order valence-electron chi connectivity index (χ4n) is 3.66. The number of halogens is 3. The highest BCUT2D eigenvalue weighted by Gasteiger charge is 2.30. The summed E-state index contributed by atoms with van der Waals surface area (Å²) < 4.78 is 43.7. The Bertz CT molecular complexity index is 1220. The number of hydrogen-bond acceptors (Lipinski definition) is 4. The molecule has 5 nitrogen and oxygen atoms in total. The second-order valence-electron chi connectivity index (χ2n) is 8.12. The molecule has 0 bridgehead atoms. The molecular weight excluding hydrogens is 455 g/mol. The first-order chi connectivity index (χ1) is 16.9. The van der Waals surface area contributed by atoms with Gasteiger partial charge in [0.1, 0.15) is 0 Å². The van der Waals surface area contributed by atoms with E-state index in [1.165, 1.54) is 12.1 Å². The maximum atomic E-state index is 13.0. The van der Waals surface area contributed by atoms with Gasteiger partial charge in [-0.2, -0.15) is 18.2 Å². The summed E-state index contributed by atoms with van der Waals surface area (Å²) in [5.41, 5.74) is 1.79. The normalized spacial score (nSPS) is 11.4. The Balaban J connectivity index is 1.41. The summed E-state index contributed by atoms with van der Waals surface area (Å²) in [6.45, 7) is 0.825. The van der Waals surface area contributed by atoms with Crippen molar-refractivity contribution in [3.8, 4) is 11.4 Å². The predicted octanol–water partition coefficient (Wildman–Crippen LogP) is 5.96. The molecule has 0 atom stereocenters. The zero-order valence-electron chi connectivity index (χ0n) is 18.9. The Kier molecular flexibility index (Phi) is 7.60. The quantitative estimate of drug-likeness (QED) is 0.297. The number of aryl methyl sites for hydroxylation is 1. The lowest BCUT2D eigenvalue weighted by Gasteiger charge is -2.22. The Morgan fingerprint density at radius 1 is 0.829 bits per heavy atom. The molecule has 4 aromatic rings. The summed E-state index contributed by atoms with van der Waals surface area (Å²) >= 11 is 0. The van der Waals surface area contributed by atoms with Crippen LogP contribution in [-0.2, 0) is 30.4 Å². The van der Waals surface area contributed by atoms with Crippen LogP contribution in [0.15, 0.2) is 89.5 Å². The summed E-state index contributed by atoms with van der Waals surface area (Å²) in [4.78, 5) is 19.1. The number of amides is 1. The summed E-state index contributed by atoms with van der Waals surface area (Å²) in [6, 6.07) is 24.1. The molecule has 0 aliphatic rings. The average molecular weight is 480 g/mol. The van der Waals surface area contributed by atoms with E-state index in [0.29, 0.717) is 43.8 Å². The third kappa shape index (κ3) is 6.79. The highest BCUT2D eigenvalue weighted by Crippen LogP contribution is 2.30. The zero-order valence-corrected chi connectivity index (χ0v) is 18.9. The van der Waals surface area contributed by atoms with Crippen LogP contribution in [0, 0.1) is 0 Å². The van der Waals surface area contributed by atoms with Crippen molar-refractivity contribution in [3.05, 3.63) is 108 Å². The van der Waals surface area contributed by atoms with E-state index in [2.05, 4.69) is 10.1 Å². The van der Waals surface area contributed by atoms with Gasteiger partial charge in [-0.05, 0) is 29.7 Å². The van der Waals surface area contributed by atoms with E-state index in [-0.39, 0.29) is 11.7 Å². The molecule has 0 aliphatic heterocycles. The molecule has 0 saturated carbocycles. The Labute approximate surface area is 201 Å². The molecule has 35 heavy (non-hydrogen) atoms. The summed E-state index contributed by atoms with van der Waals surface area (Å²) in [7, 11) is 0. The van der Waals surface area contributed by atoms with Gasteiger partial charge in [0.2, 0.25) is 17.6 Å². The van der Waals surface area contributed by atoms with Crippen molar-refractivity contribution in [3.63, 3.8) is 0 Å². The molecule has 0 saturated heterocycles. The van der Waals surface area contributed by atoms with Gasteiger partial charge in [0.05, 0.1) is 5.56 Å². The van der Waals surface area contributed by atoms with Gasteiger partial charge in [0, 0.05) is 31.5 Å². The third-order valence-corrected chi connectivity index (χ3v) is 5.57. The van der Waals surface area contributed by atoms with Crippen molar-refractivity contribution in [1.29, 1.82) is 0 Å². The molecule has 180 valence electrons. The smallest absolute Gasteiger partial charge is 0.339 e. The number of carbonyl (C=O) groups excluding carboxylic acids is 1. The summed E-state index contributed by atoms with van der Waals surface area (Å²) in [5.74, 6) is 0.535. The van der Waals surface area contributed by atoms with Gasteiger partial charge in [-0.25, -0.2) is 0 Å². The molecule has 1 amide bonds. The molecule has 0 radical (unpaired) electrons. The number of benzene rings is 3. The van der Waals surface area contributed by atoms with E-state index in [0.717, 1.165) is 23.3 Å². The first-order valence-corrected chi connectivity index (χ1v) is 11.2. The lowest BCUT2D eigenvalue weighted by molar-refractivity contribution is -0.137. The van der Waals surface area contributed by atoms with Crippen LogP contribution in [0.2, 0.25) is 0 Å². The fourth-order valence-corrected chi connectivity index (χ4v) is 3.66. The average Bonchev–Trinajstić information content (AvgIpc) is 3.35. The van der Waals surface area contributed by atoms with Crippen LogP contribution in [0.25, 0.3) is 11.4 Å². The van der Waals surface area contributed by atoms with Crippen molar-refractivity contribution in [2.75, 3.05) is 6.54 Å². The summed E-state index contributed by atoms with van der Waals surface area (Å²) in [6.07, 6.45) is -3.06. The SMILES string of the molecule is O=C(CCc1ccccc1)N(CCc1nc(-c2ccc(C(F)(F)F)cc2)no1)Cc1ccccc1. The van der Waals surface area contributed by atoms with E-state index < -0.39 is 11.7 Å². The number of hydrogen-bond donors (Lipinski definition) is 0. The predicted molar refractivity (Wildman–Crippen MR) is 125 cm³/mol. The van der Waals surface area contributed by atoms with Gasteiger partial charge in [-0.1, -0.05) is 78.0 Å². The number of aromatic nitrogens is 2. The molecule has 8 heteroatoms. The van der Waals surface area contributed by atoms with Crippen LogP contribution in [0.1, 0.15) is 29.0 Å². The van der Waals surface area contributed by atoms with Crippen LogP contribution in [0.3, 0.4) is 0 Å². The van der Waals surface area contributed by atoms with Crippen molar-refractivity contribution in [2.24, 2.45) is 0 Å². The van der Waals surface area contributed by atoms with Crippen LogP contribution >= 0.6 is 0 Å². The number of rotatable bonds is 9. The van der Waals surface area contributed by atoms with Gasteiger partial charge < -0.3 is 9.42 Å². The van der Waals surface area contributed by atoms with Crippen molar-refractivity contribution in [2.45, 2.75) is 32.0 Å². The second kappa shape index (κ2) is 11.0. The van der Waals surface area contributed by atoms with Crippen LogP contribution in [0.4, 0.5) is 13.2 Å². The van der Waals surface area contributed by atoms with E-state index in [4.69, 9.17) is 4.52 Å². The van der Waals surface area contributed by atoms with Crippen molar-refractivity contribution >= 4 is 5.91 Å². The molecule has 1 heterocycles. The minimum atomic E-state index is -4.41. The zero-order chi connectivity index (χ0) is 24.7. The van der Waals surface area contributed by atoms with Crippen LogP contribution < -0.4 is 0 Å². The van der Waals surface area contributed by atoms with Gasteiger partial charge >= 0.3 is 6.18 Å². The summed E-state index contributed by atoms with van der Waals surface area (Å²) in [5, 5.41) is 3.89. The van der Waals surface area contributed by atoms with E-state index in [1.54, 1.807) is 4.90 Å². The van der Waals surface area contributed by atoms with E-state index in [1.807, 2.05) is 60.7 Å².